The lowest BCUT2D eigenvalue weighted by atomic mass is 10.0. The van der Waals surface area contributed by atoms with Gasteiger partial charge >= 0.3 is 0 Å². The first-order valence-electron chi connectivity index (χ1n) is 11.5. The topological polar surface area (TPSA) is 73.1 Å². The van der Waals surface area contributed by atoms with Gasteiger partial charge in [0.15, 0.2) is 5.69 Å². The molecule has 4 heterocycles. The van der Waals surface area contributed by atoms with Crippen LogP contribution in [0.25, 0.3) is 5.65 Å². The fourth-order valence-corrected chi connectivity index (χ4v) is 4.83. The Kier molecular flexibility index (Phi) is 7.02. The quantitative estimate of drug-likeness (QED) is 0.681. The van der Waals surface area contributed by atoms with Crippen LogP contribution in [0.1, 0.15) is 60.3 Å². The molecule has 1 atom stereocenters. The zero-order valence-electron chi connectivity index (χ0n) is 18.1. The normalized spacial score (nSPS) is 20.7. The third-order valence-electron chi connectivity index (χ3n) is 6.62. The first-order chi connectivity index (χ1) is 14.7. The van der Waals surface area contributed by atoms with Gasteiger partial charge in [0.05, 0.1) is 12.3 Å². The molecular weight excluding hydrogens is 378 g/mol. The Labute approximate surface area is 179 Å². The lowest BCUT2D eigenvalue weighted by molar-refractivity contribution is 0.0717. The molecule has 7 nitrogen and oxygen atoms in total. The van der Waals surface area contributed by atoms with E-state index in [1.807, 2.05) is 30.2 Å². The number of carbonyl (C=O) groups is 1. The third-order valence-corrected chi connectivity index (χ3v) is 6.62. The molecule has 0 aliphatic carbocycles. The number of fused-ring (bicyclic) bond motifs is 1. The average molecular weight is 414 g/mol. The largest absolute Gasteiger partial charge is 0.395 e. The van der Waals surface area contributed by atoms with Crippen LogP contribution in [0.4, 0.5) is 0 Å². The molecule has 0 saturated carbocycles. The molecule has 4 rings (SSSR count). The average Bonchev–Trinajstić information content (AvgIpc) is 3.17. The monoisotopic (exact) mass is 413 g/mol. The summed E-state index contributed by atoms with van der Waals surface area (Å²) in [5.74, 6) is 0.0611. The zero-order chi connectivity index (χ0) is 20.9. The van der Waals surface area contributed by atoms with Crippen molar-refractivity contribution in [1.29, 1.82) is 0 Å². The molecule has 2 saturated heterocycles. The number of hydrogen-bond donors (Lipinski definition) is 2. The van der Waals surface area contributed by atoms with E-state index in [9.17, 15) is 9.90 Å². The highest BCUT2D eigenvalue weighted by molar-refractivity contribution is 5.94. The fraction of sp³-hybridized carbons (Fsp3) is 0.652. The number of imidazole rings is 1. The van der Waals surface area contributed by atoms with E-state index in [1.54, 1.807) is 0 Å². The lowest BCUT2D eigenvalue weighted by Gasteiger charge is -2.34. The summed E-state index contributed by atoms with van der Waals surface area (Å²) >= 11 is 0. The van der Waals surface area contributed by atoms with Crippen molar-refractivity contribution >= 4 is 11.6 Å². The molecule has 30 heavy (non-hydrogen) atoms. The van der Waals surface area contributed by atoms with Crippen LogP contribution in [0.5, 0.6) is 0 Å². The summed E-state index contributed by atoms with van der Waals surface area (Å²) in [4.78, 5) is 22.4. The highest BCUT2D eigenvalue weighted by Gasteiger charge is 2.26. The van der Waals surface area contributed by atoms with Crippen LogP contribution in [-0.4, -0.2) is 75.6 Å². The van der Waals surface area contributed by atoms with Crippen LogP contribution < -0.4 is 5.32 Å². The number of amides is 1. The van der Waals surface area contributed by atoms with E-state index in [-0.39, 0.29) is 18.6 Å². The van der Waals surface area contributed by atoms with E-state index < -0.39 is 0 Å². The summed E-state index contributed by atoms with van der Waals surface area (Å²) in [6.45, 7) is 7.34. The number of carbonyl (C=O) groups excluding carboxylic acids is 1. The molecule has 0 aromatic carbocycles. The summed E-state index contributed by atoms with van der Waals surface area (Å²) in [5.41, 5.74) is 3.48. The SMILES string of the molecule is Cc1cccn2c(CNCCN3CCCC[C@@H]3CO)c(C(=O)N3CCCCC3)nc12. The summed E-state index contributed by atoms with van der Waals surface area (Å²) in [7, 11) is 0. The van der Waals surface area contributed by atoms with Gasteiger partial charge in [-0.3, -0.25) is 9.69 Å². The second-order valence-electron chi connectivity index (χ2n) is 8.69. The number of aliphatic hydroxyl groups is 1. The fourth-order valence-electron chi connectivity index (χ4n) is 4.83. The minimum Gasteiger partial charge on any atom is -0.395 e. The van der Waals surface area contributed by atoms with Crippen molar-refractivity contribution in [2.24, 2.45) is 0 Å². The molecule has 2 N–H and O–H groups in total. The molecule has 2 aliphatic heterocycles. The molecule has 164 valence electrons. The summed E-state index contributed by atoms with van der Waals surface area (Å²) in [6, 6.07) is 4.35. The second kappa shape index (κ2) is 9.90. The molecule has 0 bridgehead atoms. The number of pyridine rings is 1. The second-order valence-corrected chi connectivity index (χ2v) is 8.69. The smallest absolute Gasteiger partial charge is 0.274 e. The van der Waals surface area contributed by atoms with Crippen molar-refractivity contribution in [3.63, 3.8) is 0 Å². The van der Waals surface area contributed by atoms with Crippen LogP contribution in [0, 0.1) is 6.92 Å². The Balaban J connectivity index is 1.47. The number of nitrogens with one attached hydrogen (secondary N) is 1. The van der Waals surface area contributed by atoms with Gasteiger partial charge in [0.1, 0.15) is 5.65 Å². The van der Waals surface area contributed by atoms with Gasteiger partial charge < -0.3 is 19.7 Å². The van der Waals surface area contributed by atoms with Gasteiger partial charge in [-0.2, -0.15) is 0 Å². The Morgan fingerprint density at radius 2 is 2.00 bits per heavy atom. The summed E-state index contributed by atoms with van der Waals surface area (Å²) in [5, 5.41) is 13.2. The predicted octanol–water partition coefficient (Wildman–Crippen LogP) is 2.21. The van der Waals surface area contributed by atoms with Gasteiger partial charge in [0.25, 0.3) is 5.91 Å². The van der Waals surface area contributed by atoms with Crippen molar-refractivity contribution in [2.45, 2.75) is 58.0 Å². The molecule has 0 radical (unpaired) electrons. The minimum absolute atomic E-state index is 0.0611. The van der Waals surface area contributed by atoms with Crippen LogP contribution in [0.3, 0.4) is 0 Å². The highest BCUT2D eigenvalue weighted by atomic mass is 16.3. The number of nitrogens with zero attached hydrogens (tertiary/aromatic N) is 4. The van der Waals surface area contributed by atoms with Crippen molar-refractivity contribution in [3.05, 3.63) is 35.3 Å². The van der Waals surface area contributed by atoms with E-state index >= 15 is 0 Å². The molecular formula is C23H35N5O2. The maximum atomic E-state index is 13.2. The van der Waals surface area contributed by atoms with E-state index in [0.717, 1.165) is 68.9 Å². The first kappa shape index (κ1) is 21.3. The highest BCUT2D eigenvalue weighted by Crippen LogP contribution is 2.20. The molecule has 1 amide bonds. The van der Waals surface area contributed by atoms with Crippen LogP contribution in [0.15, 0.2) is 18.3 Å². The van der Waals surface area contributed by atoms with Crippen LogP contribution in [0.2, 0.25) is 0 Å². The molecule has 0 spiro atoms. The van der Waals surface area contributed by atoms with Crippen molar-refractivity contribution in [1.82, 2.24) is 24.5 Å². The zero-order valence-corrected chi connectivity index (χ0v) is 18.1. The summed E-state index contributed by atoms with van der Waals surface area (Å²) < 4.78 is 2.07. The Bertz CT molecular complexity index is 859. The van der Waals surface area contributed by atoms with Crippen molar-refractivity contribution < 1.29 is 9.90 Å². The van der Waals surface area contributed by atoms with Gasteiger partial charge in [0, 0.05) is 45.0 Å². The van der Waals surface area contributed by atoms with Gasteiger partial charge in [-0.25, -0.2) is 4.98 Å². The van der Waals surface area contributed by atoms with E-state index in [0.29, 0.717) is 12.2 Å². The number of likely N-dealkylation sites (tertiary alicyclic amines) is 2. The predicted molar refractivity (Wildman–Crippen MR) is 118 cm³/mol. The number of hydrogen-bond acceptors (Lipinski definition) is 5. The van der Waals surface area contributed by atoms with E-state index in [4.69, 9.17) is 4.98 Å². The Morgan fingerprint density at radius 1 is 1.20 bits per heavy atom. The molecule has 0 unspecified atom stereocenters. The molecule has 2 aromatic heterocycles. The number of piperidine rings is 2. The third kappa shape index (κ3) is 4.53. The molecule has 2 aromatic rings. The van der Waals surface area contributed by atoms with E-state index in [1.165, 1.54) is 19.3 Å². The van der Waals surface area contributed by atoms with Gasteiger partial charge in [0.2, 0.25) is 0 Å². The molecule has 2 fully saturated rings. The van der Waals surface area contributed by atoms with Crippen LogP contribution >= 0.6 is 0 Å². The number of rotatable bonds is 7. The molecule has 2 aliphatic rings. The minimum atomic E-state index is 0.0611. The lowest BCUT2D eigenvalue weighted by Crippen LogP contribution is -2.44. The maximum absolute atomic E-state index is 13.2. The number of aryl methyl sites for hydroxylation is 1. The van der Waals surface area contributed by atoms with Crippen molar-refractivity contribution in [2.75, 3.05) is 39.3 Å². The van der Waals surface area contributed by atoms with Crippen LogP contribution in [-0.2, 0) is 6.54 Å². The molecule has 7 heteroatoms. The number of aromatic nitrogens is 2. The van der Waals surface area contributed by atoms with Crippen molar-refractivity contribution in [3.8, 4) is 0 Å². The first-order valence-corrected chi connectivity index (χ1v) is 11.5. The standard InChI is InChI=1S/C23H35N5O2/c1-18-8-7-14-28-20(16-24-10-15-26-11-6-3-9-19(26)17-29)21(25-22(18)28)23(30)27-12-4-2-5-13-27/h7-8,14,19,24,29H,2-6,9-13,15-17H2,1H3/t19-/m1/s1. The summed E-state index contributed by atoms with van der Waals surface area (Å²) in [6.07, 6.45) is 8.86. The Hall–Kier alpha value is -1.96. The van der Waals surface area contributed by atoms with Gasteiger partial charge in [-0.05, 0) is 57.2 Å². The number of aliphatic hydroxyl groups excluding tert-OH is 1. The Morgan fingerprint density at radius 3 is 2.80 bits per heavy atom. The van der Waals surface area contributed by atoms with E-state index in [2.05, 4.69) is 14.6 Å². The van der Waals surface area contributed by atoms with Gasteiger partial charge in [-0.15, -0.1) is 0 Å². The van der Waals surface area contributed by atoms with Gasteiger partial charge in [-0.1, -0.05) is 12.5 Å². The maximum Gasteiger partial charge on any atom is 0.274 e.